The number of rotatable bonds is 3. The maximum Gasteiger partial charge on any atom is 0.182 e. The number of hydroxylamine groups is 1. The third kappa shape index (κ3) is 3.76. The smallest absolute Gasteiger partial charge is 0.182 e. The van der Waals surface area contributed by atoms with Crippen molar-refractivity contribution in [3.05, 3.63) is 74.9 Å². The fourth-order valence-corrected chi connectivity index (χ4v) is 1.78. The summed E-state index contributed by atoms with van der Waals surface area (Å²) in [6, 6.07) is 14.3. The zero-order valence-corrected chi connectivity index (χ0v) is 11.0. The number of nitrogens with zero attached hydrogens (tertiary/aromatic N) is 1. The topological polar surface area (TPSA) is 26.1 Å². The van der Waals surface area contributed by atoms with E-state index in [9.17, 15) is 5.21 Å². The zero-order valence-electron chi connectivity index (χ0n) is 9.51. The number of halogens is 2. The lowest BCUT2D eigenvalue weighted by atomic mass is 10.2. The minimum atomic E-state index is 0.291. The molecule has 0 N–H and O–H groups in total. The lowest BCUT2D eigenvalue weighted by Crippen LogP contribution is -2.05. The maximum atomic E-state index is 11.7. The van der Waals surface area contributed by atoms with E-state index in [4.69, 9.17) is 23.2 Å². The van der Waals surface area contributed by atoms with E-state index in [0.717, 1.165) is 15.9 Å². The predicted octanol–water partition coefficient (Wildman–Crippen LogP) is 4.12. The minimum Gasteiger partial charge on any atom is -0.624 e. The van der Waals surface area contributed by atoms with Crippen molar-refractivity contribution in [2.75, 3.05) is 0 Å². The van der Waals surface area contributed by atoms with E-state index in [-0.39, 0.29) is 0 Å². The lowest BCUT2D eigenvalue weighted by molar-refractivity contribution is -0.469. The van der Waals surface area contributed by atoms with Crippen LogP contribution in [0.15, 0.2) is 48.5 Å². The van der Waals surface area contributed by atoms with Gasteiger partial charge in [-0.25, -0.2) is 4.74 Å². The van der Waals surface area contributed by atoms with Crippen molar-refractivity contribution in [2.24, 2.45) is 0 Å². The summed E-state index contributed by atoms with van der Waals surface area (Å²) in [4.78, 5) is 0. The van der Waals surface area contributed by atoms with Crippen LogP contribution in [0.5, 0.6) is 0 Å². The van der Waals surface area contributed by atoms with Gasteiger partial charge in [0, 0.05) is 21.2 Å². The third-order valence-corrected chi connectivity index (χ3v) is 2.92. The van der Waals surface area contributed by atoms with E-state index in [1.807, 2.05) is 12.1 Å². The fourth-order valence-electron chi connectivity index (χ4n) is 1.53. The first kappa shape index (κ1) is 12.9. The van der Waals surface area contributed by atoms with Gasteiger partial charge in [-0.15, -0.1) is 0 Å². The Hall–Kier alpha value is -1.51. The molecular formula is C14H11Cl2NO. The van der Waals surface area contributed by atoms with Gasteiger partial charge in [0.25, 0.3) is 0 Å². The van der Waals surface area contributed by atoms with Crippen LogP contribution in [0.2, 0.25) is 10.0 Å². The van der Waals surface area contributed by atoms with Crippen molar-refractivity contribution in [3.8, 4) is 0 Å². The summed E-state index contributed by atoms with van der Waals surface area (Å²) in [5.74, 6) is 0. The molecule has 2 rings (SSSR count). The predicted molar refractivity (Wildman–Crippen MR) is 75.4 cm³/mol. The van der Waals surface area contributed by atoms with Crippen LogP contribution in [-0.4, -0.2) is 11.0 Å². The van der Waals surface area contributed by atoms with Crippen molar-refractivity contribution in [1.29, 1.82) is 0 Å². The molecule has 0 aliphatic carbocycles. The van der Waals surface area contributed by atoms with E-state index in [1.54, 1.807) is 36.4 Å². The van der Waals surface area contributed by atoms with Gasteiger partial charge in [0.15, 0.2) is 12.8 Å². The molecule has 2 aromatic rings. The first-order chi connectivity index (χ1) is 8.63. The second-order valence-corrected chi connectivity index (χ2v) is 4.76. The first-order valence-electron chi connectivity index (χ1n) is 5.42. The SMILES string of the molecule is [O-]/[N+](=C/c1ccc(Cl)cc1)Cc1ccc(Cl)cc1. The third-order valence-electron chi connectivity index (χ3n) is 2.41. The largest absolute Gasteiger partial charge is 0.624 e. The first-order valence-corrected chi connectivity index (χ1v) is 6.18. The Morgan fingerprint density at radius 3 is 1.94 bits per heavy atom. The van der Waals surface area contributed by atoms with Crippen LogP contribution in [0.1, 0.15) is 11.1 Å². The van der Waals surface area contributed by atoms with Crippen LogP contribution in [0.25, 0.3) is 0 Å². The molecule has 0 amide bonds. The molecule has 0 aromatic heterocycles. The monoisotopic (exact) mass is 279 g/mol. The van der Waals surface area contributed by atoms with Gasteiger partial charge in [0.1, 0.15) is 0 Å². The number of hydrogen-bond donors (Lipinski definition) is 0. The Balaban J connectivity index is 2.09. The molecule has 92 valence electrons. The highest BCUT2D eigenvalue weighted by molar-refractivity contribution is 6.30. The Kier molecular flexibility index (Phi) is 4.24. The van der Waals surface area contributed by atoms with Crippen molar-refractivity contribution >= 4 is 29.4 Å². The van der Waals surface area contributed by atoms with Crippen LogP contribution >= 0.6 is 23.2 Å². The molecule has 0 saturated heterocycles. The molecule has 18 heavy (non-hydrogen) atoms. The Morgan fingerprint density at radius 1 is 0.889 bits per heavy atom. The molecule has 0 fully saturated rings. The van der Waals surface area contributed by atoms with Gasteiger partial charge in [-0.1, -0.05) is 35.3 Å². The molecule has 0 spiro atoms. The van der Waals surface area contributed by atoms with Crippen molar-refractivity contribution in [1.82, 2.24) is 0 Å². The standard InChI is InChI=1S/C14H11Cl2NO/c15-13-5-1-11(2-6-13)9-17(18)10-12-3-7-14(16)8-4-12/h1-9H,10H2/b17-9+. The van der Waals surface area contributed by atoms with Crippen LogP contribution in [0.3, 0.4) is 0 Å². The summed E-state index contributed by atoms with van der Waals surface area (Å²) in [5, 5.41) is 13.1. The van der Waals surface area contributed by atoms with E-state index >= 15 is 0 Å². The Bertz CT molecular complexity index is 547. The van der Waals surface area contributed by atoms with Gasteiger partial charge in [-0.3, -0.25) is 0 Å². The second kappa shape index (κ2) is 5.89. The zero-order chi connectivity index (χ0) is 13.0. The van der Waals surface area contributed by atoms with Gasteiger partial charge >= 0.3 is 0 Å². The van der Waals surface area contributed by atoms with Gasteiger partial charge in [-0.05, 0) is 36.4 Å². The Labute approximate surface area is 116 Å². The molecular weight excluding hydrogens is 269 g/mol. The lowest BCUT2D eigenvalue weighted by Gasteiger charge is -2.04. The van der Waals surface area contributed by atoms with Crippen LogP contribution in [0, 0.1) is 5.21 Å². The number of benzene rings is 2. The summed E-state index contributed by atoms with van der Waals surface area (Å²) >= 11 is 11.6. The molecule has 0 radical (unpaired) electrons. The van der Waals surface area contributed by atoms with Crippen LogP contribution < -0.4 is 0 Å². The van der Waals surface area contributed by atoms with Gasteiger partial charge < -0.3 is 5.21 Å². The Morgan fingerprint density at radius 2 is 1.39 bits per heavy atom. The van der Waals surface area contributed by atoms with E-state index in [0.29, 0.717) is 16.6 Å². The second-order valence-electron chi connectivity index (χ2n) is 3.88. The van der Waals surface area contributed by atoms with E-state index in [1.165, 1.54) is 6.21 Å². The average molecular weight is 280 g/mol. The average Bonchev–Trinajstić information content (AvgIpc) is 2.35. The van der Waals surface area contributed by atoms with Crippen molar-refractivity contribution < 1.29 is 4.74 Å². The summed E-state index contributed by atoms with van der Waals surface area (Å²) in [7, 11) is 0. The molecule has 0 saturated carbocycles. The fraction of sp³-hybridized carbons (Fsp3) is 0.0714. The van der Waals surface area contributed by atoms with Crippen molar-refractivity contribution in [3.63, 3.8) is 0 Å². The normalized spacial score (nSPS) is 11.6. The molecule has 2 nitrogen and oxygen atoms in total. The highest BCUT2D eigenvalue weighted by Gasteiger charge is 1.99. The summed E-state index contributed by atoms with van der Waals surface area (Å²) in [6.07, 6.45) is 1.53. The molecule has 0 aliphatic heterocycles. The van der Waals surface area contributed by atoms with Crippen molar-refractivity contribution in [2.45, 2.75) is 6.54 Å². The molecule has 2 aromatic carbocycles. The maximum absolute atomic E-state index is 11.7. The molecule has 4 heteroatoms. The van der Waals surface area contributed by atoms with Crippen LogP contribution in [0.4, 0.5) is 0 Å². The molecule has 0 bridgehead atoms. The quantitative estimate of drug-likeness (QED) is 0.359. The highest BCUT2D eigenvalue weighted by Crippen LogP contribution is 2.11. The molecule has 0 heterocycles. The highest BCUT2D eigenvalue weighted by atomic mass is 35.5. The van der Waals surface area contributed by atoms with Gasteiger partial charge in [-0.2, -0.15) is 0 Å². The summed E-state index contributed by atoms with van der Waals surface area (Å²) in [5.41, 5.74) is 1.74. The van der Waals surface area contributed by atoms with Gasteiger partial charge in [0.05, 0.1) is 0 Å². The minimum absolute atomic E-state index is 0.291. The molecule has 0 aliphatic rings. The number of hydrogen-bond acceptors (Lipinski definition) is 1. The van der Waals surface area contributed by atoms with E-state index < -0.39 is 0 Å². The summed E-state index contributed by atoms with van der Waals surface area (Å²) < 4.78 is 0.881. The van der Waals surface area contributed by atoms with E-state index in [2.05, 4.69) is 0 Å². The molecule has 0 atom stereocenters. The van der Waals surface area contributed by atoms with Gasteiger partial charge in [0.2, 0.25) is 0 Å². The summed E-state index contributed by atoms with van der Waals surface area (Å²) in [6.45, 7) is 0.291. The van der Waals surface area contributed by atoms with Crippen LogP contribution in [-0.2, 0) is 6.54 Å². The molecule has 0 unspecified atom stereocenters.